The number of hydrogen-bond acceptors (Lipinski definition) is 4. The van der Waals surface area contributed by atoms with Crippen molar-refractivity contribution in [2.24, 2.45) is 0 Å². The summed E-state index contributed by atoms with van der Waals surface area (Å²) >= 11 is 0. The van der Waals surface area contributed by atoms with Crippen molar-refractivity contribution in [1.82, 2.24) is 10.6 Å². The number of carbonyl (C=O) groups is 3. The average molecular weight is 345 g/mol. The van der Waals surface area contributed by atoms with Crippen molar-refractivity contribution in [3.05, 3.63) is 29.8 Å². The van der Waals surface area contributed by atoms with Crippen LogP contribution in [0, 0.1) is 0 Å². The summed E-state index contributed by atoms with van der Waals surface area (Å²) < 4.78 is 5.64. The Bertz CT molecular complexity index is 701. The number of benzene rings is 1. The molecular formula is C18H23N3O4. The lowest BCUT2D eigenvalue weighted by Crippen LogP contribution is -2.49. The first-order valence-electron chi connectivity index (χ1n) is 8.48. The van der Waals surface area contributed by atoms with Crippen LogP contribution in [0.3, 0.4) is 0 Å². The molecule has 25 heavy (non-hydrogen) atoms. The third kappa shape index (κ3) is 4.17. The monoisotopic (exact) mass is 345 g/mol. The van der Waals surface area contributed by atoms with Crippen LogP contribution in [-0.2, 0) is 14.3 Å². The van der Waals surface area contributed by atoms with Gasteiger partial charge in [-0.1, -0.05) is 12.1 Å². The summed E-state index contributed by atoms with van der Waals surface area (Å²) in [6, 6.07) is 5.89. The molecule has 1 aromatic carbocycles. The van der Waals surface area contributed by atoms with Gasteiger partial charge in [-0.3, -0.25) is 14.4 Å². The molecule has 3 rings (SSSR count). The number of para-hydroxylation sites is 1. The van der Waals surface area contributed by atoms with Gasteiger partial charge in [0.15, 0.2) is 0 Å². The van der Waals surface area contributed by atoms with Crippen LogP contribution in [0.5, 0.6) is 0 Å². The maximum Gasteiger partial charge on any atom is 0.254 e. The van der Waals surface area contributed by atoms with Crippen LogP contribution in [0.2, 0.25) is 0 Å². The first-order chi connectivity index (χ1) is 11.8. The fraction of sp³-hybridized carbons (Fsp3) is 0.500. The van der Waals surface area contributed by atoms with E-state index in [1.807, 2.05) is 13.8 Å². The van der Waals surface area contributed by atoms with Gasteiger partial charge < -0.3 is 20.7 Å². The number of fused-ring (bicyclic) bond motifs is 1. The molecule has 1 fully saturated rings. The minimum Gasteiger partial charge on any atom is -0.375 e. The normalized spacial score (nSPS) is 25.2. The zero-order valence-corrected chi connectivity index (χ0v) is 14.4. The van der Waals surface area contributed by atoms with Crippen LogP contribution in [0.4, 0.5) is 5.69 Å². The van der Waals surface area contributed by atoms with Gasteiger partial charge in [0.1, 0.15) is 6.04 Å². The molecule has 1 saturated heterocycles. The molecule has 0 saturated carbocycles. The van der Waals surface area contributed by atoms with Gasteiger partial charge in [-0.2, -0.15) is 0 Å². The highest BCUT2D eigenvalue weighted by molar-refractivity contribution is 6.10. The number of rotatable bonds is 3. The number of hydrogen-bond donors (Lipinski definition) is 3. The Morgan fingerprint density at radius 1 is 1.32 bits per heavy atom. The SMILES string of the molecule is CC1(C)C[C@H](NC(=O)C[C@@H]2NC(=O)c3ccccc3NC2=O)CCO1. The molecule has 2 aliphatic rings. The van der Waals surface area contributed by atoms with Crippen molar-refractivity contribution in [2.75, 3.05) is 11.9 Å². The minimum absolute atomic E-state index is 0.0120. The lowest BCUT2D eigenvalue weighted by Gasteiger charge is -2.36. The summed E-state index contributed by atoms with van der Waals surface area (Å²) in [5.74, 6) is -1.01. The van der Waals surface area contributed by atoms with Gasteiger partial charge in [-0.05, 0) is 38.8 Å². The number of anilines is 1. The first kappa shape index (κ1) is 17.4. The second kappa shape index (κ2) is 6.84. The van der Waals surface area contributed by atoms with Crippen LogP contribution in [0.25, 0.3) is 0 Å². The van der Waals surface area contributed by atoms with Crippen LogP contribution in [0.15, 0.2) is 24.3 Å². The molecule has 134 valence electrons. The Hall–Kier alpha value is -2.41. The van der Waals surface area contributed by atoms with Gasteiger partial charge >= 0.3 is 0 Å². The van der Waals surface area contributed by atoms with Crippen LogP contribution in [-0.4, -0.2) is 42.0 Å². The highest BCUT2D eigenvalue weighted by atomic mass is 16.5. The maximum absolute atomic E-state index is 12.3. The lowest BCUT2D eigenvalue weighted by molar-refractivity contribution is -0.127. The number of amides is 3. The van der Waals surface area contributed by atoms with Crippen LogP contribution < -0.4 is 16.0 Å². The van der Waals surface area contributed by atoms with Crippen molar-refractivity contribution in [2.45, 2.75) is 50.8 Å². The fourth-order valence-corrected chi connectivity index (χ4v) is 3.28. The standard InChI is InChI=1S/C18H23N3O4/c1-18(2)10-11(7-8-25-18)19-15(22)9-14-17(24)20-13-6-4-3-5-12(13)16(23)21-14/h3-6,11,14H,7-10H2,1-2H3,(H,19,22)(H,20,24)(H,21,23)/t11-,14+/m1/s1. The summed E-state index contributed by atoms with van der Waals surface area (Å²) in [6.07, 6.45) is 1.36. The van der Waals surface area contributed by atoms with Crippen molar-refractivity contribution in [3.8, 4) is 0 Å². The van der Waals surface area contributed by atoms with E-state index in [1.54, 1.807) is 24.3 Å². The Morgan fingerprint density at radius 2 is 2.08 bits per heavy atom. The predicted octanol–water partition coefficient (Wildman–Crippen LogP) is 1.20. The second-order valence-corrected chi connectivity index (χ2v) is 7.13. The van der Waals surface area contributed by atoms with Gasteiger partial charge in [-0.25, -0.2) is 0 Å². The molecule has 7 nitrogen and oxygen atoms in total. The van der Waals surface area contributed by atoms with E-state index in [-0.39, 0.29) is 35.8 Å². The van der Waals surface area contributed by atoms with E-state index in [2.05, 4.69) is 16.0 Å². The van der Waals surface area contributed by atoms with Crippen molar-refractivity contribution in [1.29, 1.82) is 0 Å². The third-order valence-corrected chi connectivity index (χ3v) is 4.50. The summed E-state index contributed by atoms with van der Waals surface area (Å²) in [5.41, 5.74) is 0.579. The molecule has 0 radical (unpaired) electrons. The van der Waals surface area contributed by atoms with Gasteiger partial charge in [-0.15, -0.1) is 0 Å². The van der Waals surface area contributed by atoms with Crippen LogP contribution >= 0.6 is 0 Å². The molecule has 0 unspecified atom stereocenters. The summed E-state index contributed by atoms with van der Waals surface area (Å²) in [6.45, 7) is 4.57. The van der Waals surface area contributed by atoms with Gasteiger partial charge in [0, 0.05) is 12.6 Å². The average Bonchev–Trinajstić information content (AvgIpc) is 2.64. The van der Waals surface area contributed by atoms with E-state index in [1.165, 1.54) is 0 Å². The number of ether oxygens (including phenoxy) is 1. The van der Waals surface area contributed by atoms with E-state index >= 15 is 0 Å². The molecular weight excluding hydrogens is 322 g/mol. The number of nitrogens with one attached hydrogen (secondary N) is 3. The van der Waals surface area contributed by atoms with E-state index in [9.17, 15) is 14.4 Å². The first-order valence-corrected chi connectivity index (χ1v) is 8.48. The maximum atomic E-state index is 12.3. The molecule has 0 aromatic heterocycles. The molecule has 1 aromatic rings. The highest BCUT2D eigenvalue weighted by Gasteiger charge is 2.32. The molecule has 7 heteroatoms. The molecule has 2 atom stereocenters. The second-order valence-electron chi connectivity index (χ2n) is 7.13. The van der Waals surface area contributed by atoms with E-state index in [4.69, 9.17) is 4.74 Å². The molecule has 0 aliphatic carbocycles. The van der Waals surface area contributed by atoms with Gasteiger partial charge in [0.2, 0.25) is 11.8 Å². The topological polar surface area (TPSA) is 96.5 Å². The van der Waals surface area contributed by atoms with Crippen molar-refractivity contribution < 1.29 is 19.1 Å². The van der Waals surface area contributed by atoms with Gasteiger partial charge in [0.25, 0.3) is 5.91 Å². The van der Waals surface area contributed by atoms with E-state index in [0.717, 1.165) is 6.42 Å². The molecule has 0 spiro atoms. The summed E-state index contributed by atoms with van der Waals surface area (Å²) in [4.78, 5) is 36.9. The molecule has 2 heterocycles. The zero-order chi connectivity index (χ0) is 18.0. The fourth-order valence-electron chi connectivity index (χ4n) is 3.28. The number of carbonyl (C=O) groups excluding carboxylic acids is 3. The zero-order valence-electron chi connectivity index (χ0n) is 14.4. The molecule has 3 amide bonds. The van der Waals surface area contributed by atoms with Crippen molar-refractivity contribution in [3.63, 3.8) is 0 Å². The van der Waals surface area contributed by atoms with Gasteiger partial charge in [0.05, 0.1) is 23.3 Å². The largest absolute Gasteiger partial charge is 0.375 e. The summed E-state index contributed by atoms with van der Waals surface area (Å²) in [7, 11) is 0. The summed E-state index contributed by atoms with van der Waals surface area (Å²) in [5, 5.41) is 8.28. The van der Waals surface area contributed by atoms with Crippen molar-refractivity contribution >= 4 is 23.4 Å². The Labute approximate surface area is 146 Å². The van der Waals surface area contributed by atoms with E-state index < -0.39 is 6.04 Å². The lowest BCUT2D eigenvalue weighted by atomic mass is 9.94. The molecule has 2 aliphatic heterocycles. The molecule has 0 bridgehead atoms. The van der Waals surface area contributed by atoms with E-state index in [0.29, 0.717) is 24.3 Å². The smallest absolute Gasteiger partial charge is 0.254 e. The highest BCUT2D eigenvalue weighted by Crippen LogP contribution is 2.24. The quantitative estimate of drug-likeness (QED) is 0.767. The Kier molecular flexibility index (Phi) is 4.76. The Morgan fingerprint density at radius 3 is 2.84 bits per heavy atom. The third-order valence-electron chi connectivity index (χ3n) is 4.50. The molecule has 3 N–H and O–H groups in total. The Balaban J connectivity index is 1.62. The minimum atomic E-state index is -0.896. The predicted molar refractivity (Wildman–Crippen MR) is 92.1 cm³/mol. The van der Waals surface area contributed by atoms with Crippen LogP contribution in [0.1, 0.15) is 43.5 Å².